The standard InChI is InChI=1S/C20H18N2O5/c1-25-19(23)15-6-4-7-16(12-15)22-20(24)21-10-3-2-5-14-8-9-17-18(11-14)27-13-26-17/h2-12H,13H2,1H3,(H2,21,22,24)/b5-2+,10-3+. The van der Waals surface area contributed by atoms with Crippen LogP contribution < -0.4 is 20.1 Å². The number of ether oxygens (including phenoxy) is 3. The molecule has 0 unspecified atom stereocenters. The molecule has 2 aromatic rings. The van der Waals surface area contributed by atoms with Crippen molar-refractivity contribution in [1.29, 1.82) is 0 Å². The number of hydrogen-bond donors (Lipinski definition) is 2. The molecule has 0 fully saturated rings. The van der Waals surface area contributed by atoms with E-state index >= 15 is 0 Å². The molecule has 1 heterocycles. The van der Waals surface area contributed by atoms with E-state index in [2.05, 4.69) is 15.4 Å². The second-order valence-electron chi connectivity index (χ2n) is 5.50. The van der Waals surface area contributed by atoms with Crippen molar-refractivity contribution in [3.63, 3.8) is 0 Å². The van der Waals surface area contributed by atoms with Gasteiger partial charge in [0.05, 0.1) is 12.7 Å². The molecule has 1 aliphatic heterocycles. The highest BCUT2D eigenvalue weighted by Crippen LogP contribution is 2.32. The maximum atomic E-state index is 11.9. The van der Waals surface area contributed by atoms with E-state index in [0.717, 1.165) is 11.3 Å². The van der Waals surface area contributed by atoms with Crippen molar-refractivity contribution in [3.8, 4) is 11.5 Å². The lowest BCUT2D eigenvalue weighted by atomic mass is 10.2. The van der Waals surface area contributed by atoms with Crippen molar-refractivity contribution in [2.75, 3.05) is 19.2 Å². The van der Waals surface area contributed by atoms with Gasteiger partial charge in [-0.05, 0) is 42.0 Å². The summed E-state index contributed by atoms with van der Waals surface area (Å²) in [6, 6.07) is 11.7. The average Bonchev–Trinajstić information content (AvgIpc) is 3.15. The van der Waals surface area contributed by atoms with Crippen LogP contribution in [0, 0.1) is 0 Å². The van der Waals surface area contributed by atoms with Crippen LogP contribution in [0.15, 0.2) is 60.8 Å². The zero-order chi connectivity index (χ0) is 19.1. The second-order valence-corrected chi connectivity index (χ2v) is 5.50. The van der Waals surface area contributed by atoms with E-state index in [-0.39, 0.29) is 6.79 Å². The lowest BCUT2D eigenvalue weighted by Crippen LogP contribution is -2.23. The lowest BCUT2D eigenvalue weighted by molar-refractivity contribution is 0.0600. The van der Waals surface area contributed by atoms with Gasteiger partial charge in [0.1, 0.15) is 0 Å². The Hall–Kier alpha value is -3.74. The number of nitrogens with one attached hydrogen (secondary N) is 2. The van der Waals surface area contributed by atoms with Crippen LogP contribution in [-0.4, -0.2) is 25.9 Å². The molecule has 7 nitrogen and oxygen atoms in total. The van der Waals surface area contributed by atoms with E-state index in [4.69, 9.17) is 9.47 Å². The van der Waals surface area contributed by atoms with Gasteiger partial charge in [-0.2, -0.15) is 0 Å². The van der Waals surface area contributed by atoms with Crippen LogP contribution in [0.3, 0.4) is 0 Å². The number of urea groups is 1. The third-order valence-electron chi connectivity index (χ3n) is 3.65. The molecule has 0 saturated heterocycles. The zero-order valence-electron chi connectivity index (χ0n) is 14.6. The summed E-state index contributed by atoms with van der Waals surface area (Å²) in [5.41, 5.74) is 1.80. The van der Waals surface area contributed by atoms with Crippen LogP contribution in [0.2, 0.25) is 0 Å². The Morgan fingerprint density at radius 2 is 1.93 bits per heavy atom. The minimum absolute atomic E-state index is 0.240. The van der Waals surface area contributed by atoms with Crippen LogP contribution in [0.5, 0.6) is 11.5 Å². The molecule has 2 amide bonds. The van der Waals surface area contributed by atoms with Gasteiger partial charge in [-0.25, -0.2) is 9.59 Å². The third-order valence-corrected chi connectivity index (χ3v) is 3.65. The highest BCUT2D eigenvalue weighted by atomic mass is 16.7. The number of carbonyl (C=O) groups is 2. The molecule has 0 bridgehead atoms. The predicted molar refractivity (Wildman–Crippen MR) is 101 cm³/mol. The molecule has 0 aliphatic carbocycles. The summed E-state index contributed by atoms with van der Waals surface area (Å²) in [6.07, 6.45) is 6.85. The van der Waals surface area contributed by atoms with Gasteiger partial charge in [0.2, 0.25) is 6.79 Å². The molecule has 2 N–H and O–H groups in total. The number of hydrogen-bond acceptors (Lipinski definition) is 5. The molecule has 0 aromatic heterocycles. The number of rotatable bonds is 5. The van der Waals surface area contributed by atoms with E-state index < -0.39 is 12.0 Å². The van der Waals surface area contributed by atoms with Crippen molar-refractivity contribution >= 4 is 23.8 Å². The largest absolute Gasteiger partial charge is 0.465 e. The number of anilines is 1. The second kappa shape index (κ2) is 8.57. The smallest absolute Gasteiger partial charge is 0.337 e. The number of benzene rings is 2. The van der Waals surface area contributed by atoms with Crippen molar-refractivity contribution in [2.45, 2.75) is 0 Å². The monoisotopic (exact) mass is 366 g/mol. The molecule has 7 heteroatoms. The fraction of sp³-hybridized carbons (Fsp3) is 0.100. The molecule has 2 aromatic carbocycles. The van der Waals surface area contributed by atoms with Crippen LogP contribution in [-0.2, 0) is 4.74 Å². The molecule has 27 heavy (non-hydrogen) atoms. The van der Waals surface area contributed by atoms with Crippen LogP contribution in [0.4, 0.5) is 10.5 Å². The van der Waals surface area contributed by atoms with E-state index in [1.165, 1.54) is 19.4 Å². The van der Waals surface area contributed by atoms with Gasteiger partial charge in [-0.15, -0.1) is 0 Å². The quantitative estimate of drug-likeness (QED) is 0.624. The minimum Gasteiger partial charge on any atom is -0.465 e. The number of allylic oxidation sites excluding steroid dienone is 2. The number of carbonyl (C=O) groups excluding carboxylic acids is 2. The van der Waals surface area contributed by atoms with Crippen LogP contribution in [0.1, 0.15) is 15.9 Å². The molecular formula is C20H18N2O5. The first kappa shape index (κ1) is 18.1. The number of fused-ring (bicyclic) bond motifs is 1. The van der Waals surface area contributed by atoms with Crippen LogP contribution >= 0.6 is 0 Å². The Bertz CT molecular complexity index is 905. The molecule has 0 spiro atoms. The summed E-state index contributed by atoms with van der Waals surface area (Å²) in [4.78, 5) is 23.4. The molecule has 0 saturated carbocycles. The maximum Gasteiger partial charge on any atom is 0.337 e. The van der Waals surface area contributed by atoms with E-state index in [9.17, 15) is 9.59 Å². The highest BCUT2D eigenvalue weighted by Gasteiger charge is 2.12. The van der Waals surface area contributed by atoms with Crippen molar-refractivity contribution in [1.82, 2.24) is 5.32 Å². The normalized spacial score (nSPS) is 12.3. The maximum absolute atomic E-state index is 11.9. The Morgan fingerprint density at radius 1 is 1.07 bits per heavy atom. The van der Waals surface area contributed by atoms with E-state index in [1.807, 2.05) is 24.3 Å². The summed E-state index contributed by atoms with van der Waals surface area (Å²) in [5, 5.41) is 5.21. The third kappa shape index (κ3) is 4.88. The zero-order valence-corrected chi connectivity index (χ0v) is 14.6. The fourth-order valence-electron chi connectivity index (χ4n) is 2.37. The van der Waals surface area contributed by atoms with Gasteiger partial charge in [-0.1, -0.05) is 24.3 Å². The van der Waals surface area contributed by atoms with E-state index in [1.54, 1.807) is 30.4 Å². The number of esters is 1. The van der Waals surface area contributed by atoms with Crippen LogP contribution in [0.25, 0.3) is 6.08 Å². The van der Waals surface area contributed by atoms with Gasteiger partial charge in [0, 0.05) is 11.9 Å². The first-order valence-electron chi connectivity index (χ1n) is 8.14. The van der Waals surface area contributed by atoms with Gasteiger partial charge in [0.25, 0.3) is 0 Å². The first-order chi connectivity index (χ1) is 13.2. The molecule has 1 aliphatic rings. The number of methoxy groups -OCH3 is 1. The Kier molecular flexibility index (Phi) is 5.73. The molecule has 0 radical (unpaired) electrons. The minimum atomic E-state index is -0.465. The van der Waals surface area contributed by atoms with Gasteiger partial charge < -0.3 is 24.8 Å². The Morgan fingerprint density at radius 3 is 2.78 bits per heavy atom. The summed E-state index contributed by atoms with van der Waals surface area (Å²) >= 11 is 0. The first-order valence-corrected chi connectivity index (χ1v) is 8.14. The average molecular weight is 366 g/mol. The van der Waals surface area contributed by atoms with Crippen molar-refractivity contribution < 1.29 is 23.8 Å². The molecule has 138 valence electrons. The highest BCUT2D eigenvalue weighted by molar-refractivity contribution is 5.94. The summed E-state index contributed by atoms with van der Waals surface area (Å²) in [6.45, 7) is 0.240. The van der Waals surface area contributed by atoms with Gasteiger partial charge in [0.15, 0.2) is 11.5 Å². The Labute approximate surface area is 156 Å². The Balaban J connectivity index is 1.49. The predicted octanol–water partition coefficient (Wildman–Crippen LogP) is 3.55. The fourth-order valence-corrected chi connectivity index (χ4v) is 2.37. The number of amides is 2. The topological polar surface area (TPSA) is 85.9 Å². The summed E-state index contributed by atoms with van der Waals surface area (Å²) in [5.74, 6) is 0.984. The van der Waals surface area contributed by atoms with E-state index in [0.29, 0.717) is 17.0 Å². The summed E-state index contributed by atoms with van der Waals surface area (Å²) < 4.78 is 15.2. The molecule has 3 rings (SSSR count). The van der Waals surface area contributed by atoms with Gasteiger partial charge in [-0.3, -0.25) is 0 Å². The molecular weight excluding hydrogens is 348 g/mol. The SMILES string of the molecule is COC(=O)c1cccc(NC(=O)N/C=C/C=C/c2ccc3c(c2)OCO3)c1. The van der Waals surface area contributed by atoms with Crippen molar-refractivity contribution in [3.05, 3.63) is 71.9 Å². The van der Waals surface area contributed by atoms with Gasteiger partial charge >= 0.3 is 12.0 Å². The summed E-state index contributed by atoms with van der Waals surface area (Å²) in [7, 11) is 1.30. The lowest BCUT2D eigenvalue weighted by Gasteiger charge is -2.06. The molecule has 0 atom stereocenters. The van der Waals surface area contributed by atoms with Crippen molar-refractivity contribution in [2.24, 2.45) is 0 Å².